The number of aliphatic hydroxyl groups is 1. The van der Waals surface area contributed by atoms with Crippen molar-refractivity contribution in [3.63, 3.8) is 0 Å². The van der Waals surface area contributed by atoms with Gasteiger partial charge in [0.15, 0.2) is 0 Å². The molecular weight excluding hydrogens is 380 g/mol. The zero-order chi connectivity index (χ0) is 22.8. The monoisotopic (exact) mass is 428 g/mol. The summed E-state index contributed by atoms with van der Waals surface area (Å²) in [7, 11) is 0. The molecule has 0 bridgehead atoms. The van der Waals surface area contributed by atoms with Crippen molar-refractivity contribution in [2.75, 3.05) is 0 Å². The Balaban J connectivity index is 1.59. The highest BCUT2D eigenvalue weighted by molar-refractivity contribution is 5.87. The number of carbonyl (C=O) groups is 1. The zero-order valence-electron chi connectivity index (χ0n) is 21.3. The lowest BCUT2D eigenvalue weighted by Crippen LogP contribution is -2.57. The second kappa shape index (κ2) is 8.00. The molecule has 1 N–H and O–H groups in total. The topological polar surface area (TPSA) is 37.3 Å². The number of carbonyl (C=O) groups excluding carboxylic acids is 1. The van der Waals surface area contributed by atoms with Crippen LogP contribution < -0.4 is 0 Å². The third-order valence-corrected chi connectivity index (χ3v) is 11.0. The van der Waals surface area contributed by atoms with Gasteiger partial charge in [-0.3, -0.25) is 4.79 Å². The van der Waals surface area contributed by atoms with Gasteiger partial charge in [0.25, 0.3) is 0 Å². The van der Waals surface area contributed by atoms with Gasteiger partial charge in [0.2, 0.25) is 0 Å². The summed E-state index contributed by atoms with van der Waals surface area (Å²) in [4.78, 5) is 13.9. The number of aliphatic hydroxyl groups excluding tert-OH is 1. The fourth-order valence-corrected chi connectivity index (χ4v) is 9.09. The molecule has 31 heavy (non-hydrogen) atoms. The van der Waals surface area contributed by atoms with Crippen LogP contribution in [0.2, 0.25) is 0 Å². The molecule has 1 unspecified atom stereocenters. The first kappa shape index (κ1) is 23.5. The maximum atomic E-state index is 13.9. The Morgan fingerprint density at radius 3 is 2.42 bits per heavy atom. The molecule has 4 aliphatic carbocycles. The molecule has 4 rings (SSSR count). The molecule has 4 aliphatic rings. The van der Waals surface area contributed by atoms with Gasteiger partial charge in [-0.15, -0.1) is 0 Å². The molecule has 0 aliphatic heterocycles. The molecule has 2 nitrogen and oxygen atoms in total. The second-order valence-corrected chi connectivity index (χ2v) is 13.3. The molecule has 0 saturated heterocycles. The molecule has 3 saturated carbocycles. The number of rotatable bonds is 5. The largest absolute Gasteiger partial charge is 0.392 e. The summed E-state index contributed by atoms with van der Waals surface area (Å²) in [5, 5.41) is 10.7. The third-order valence-electron chi connectivity index (χ3n) is 11.0. The van der Waals surface area contributed by atoms with Gasteiger partial charge >= 0.3 is 0 Å². The highest BCUT2D eigenvalue weighted by Crippen LogP contribution is 2.68. The van der Waals surface area contributed by atoms with Crippen LogP contribution in [-0.4, -0.2) is 17.0 Å². The van der Waals surface area contributed by atoms with Gasteiger partial charge in [-0.2, -0.15) is 0 Å². The Hall–Kier alpha value is -0.630. The second-order valence-electron chi connectivity index (χ2n) is 13.3. The maximum Gasteiger partial charge on any atom is 0.139 e. The Labute approximate surface area is 191 Å². The van der Waals surface area contributed by atoms with Gasteiger partial charge in [0.1, 0.15) is 5.78 Å². The van der Waals surface area contributed by atoms with Crippen LogP contribution in [0.15, 0.2) is 11.6 Å². The summed E-state index contributed by atoms with van der Waals surface area (Å²) >= 11 is 0. The Kier molecular flexibility index (Phi) is 6.07. The van der Waals surface area contributed by atoms with Crippen molar-refractivity contribution in [1.82, 2.24) is 0 Å². The first-order valence-corrected chi connectivity index (χ1v) is 13.4. The van der Waals surface area contributed by atoms with Crippen LogP contribution in [0, 0.1) is 51.8 Å². The van der Waals surface area contributed by atoms with E-state index in [1.54, 1.807) is 0 Å². The van der Waals surface area contributed by atoms with E-state index in [0.29, 0.717) is 35.4 Å². The van der Waals surface area contributed by atoms with Crippen LogP contribution in [0.1, 0.15) is 106 Å². The highest BCUT2D eigenvalue weighted by atomic mass is 16.3. The lowest BCUT2D eigenvalue weighted by atomic mass is 9.44. The predicted octanol–water partition coefficient (Wildman–Crippen LogP) is 7.20. The lowest BCUT2D eigenvalue weighted by Gasteiger charge is -2.60. The summed E-state index contributed by atoms with van der Waals surface area (Å²) in [5.74, 6) is 4.25. The summed E-state index contributed by atoms with van der Waals surface area (Å²) in [6.45, 7) is 16.3. The number of ketones is 1. The highest BCUT2D eigenvalue weighted by Gasteiger charge is 2.64. The van der Waals surface area contributed by atoms with E-state index in [2.05, 4.69) is 54.5 Å². The first-order valence-electron chi connectivity index (χ1n) is 13.4. The number of allylic oxidation sites excluding steroid dienone is 1. The minimum absolute atomic E-state index is 0.0869. The molecule has 0 aromatic carbocycles. The quantitative estimate of drug-likeness (QED) is 0.470. The van der Waals surface area contributed by atoms with Crippen molar-refractivity contribution in [1.29, 1.82) is 0 Å². The van der Waals surface area contributed by atoms with E-state index in [1.165, 1.54) is 37.7 Å². The summed E-state index contributed by atoms with van der Waals surface area (Å²) in [6, 6.07) is 0. The lowest BCUT2D eigenvalue weighted by molar-refractivity contribution is -0.149. The Morgan fingerprint density at radius 2 is 1.74 bits per heavy atom. The molecule has 176 valence electrons. The van der Waals surface area contributed by atoms with E-state index in [-0.39, 0.29) is 22.3 Å². The third kappa shape index (κ3) is 3.49. The summed E-state index contributed by atoms with van der Waals surface area (Å²) in [5.41, 5.74) is 1.27. The molecule has 8 atom stereocenters. The summed E-state index contributed by atoms with van der Waals surface area (Å²) < 4.78 is 0. The number of hydrogen-bond donors (Lipinski definition) is 1. The van der Waals surface area contributed by atoms with Crippen LogP contribution in [0.5, 0.6) is 0 Å². The minimum atomic E-state index is -0.254. The smallest absolute Gasteiger partial charge is 0.139 e. The molecule has 0 spiro atoms. The van der Waals surface area contributed by atoms with Gasteiger partial charge in [-0.1, -0.05) is 79.4 Å². The van der Waals surface area contributed by atoms with Crippen molar-refractivity contribution in [3.05, 3.63) is 11.6 Å². The van der Waals surface area contributed by atoms with Crippen LogP contribution >= 0.6 is 0 Å². The average Bonchev–Trinajstić information content (AvgIpc) is 3.05. The SMILES string of the molecule is CC(C)CCC[C@@H](C)[C@H]1CC[C@H]2[C@@H]3CC=C4C(C)(C)C(O)CC[C@]4(C)[C@H]3CC(=O)[C@]12C. The van der Waals surface area contributed by atoms with Crippen molar-refractivity contribution in [2.24, 2.45) is 51.8 Å². The molecule has 3 fully saturated rings. The van der Waals surface area contributed by atoms with Crippen molar-refractivity contribution in [3.8, 4) is 0 Å². The van der Waals surface area contributed by atoms with E-state index in [1.807, 2.05) is 0 Å². The van der Waals surface area contributed by atoms with Gasteiger partial charge in [-0.05, 0) is 73.0 Å². The average molecular weight is 429 g/mol. The van der Waals surface area contributed by atoms with E-state index in [0.717, 1.165) is 31.6 Å². The van der Waals surface area contributed by atoms with Crippen LogP contribution in [-0.2, 0) is 4.79 Å². The van der Waals surface area contributed by atoms with Gasteiger partial charge in [-0.25, -0.2) is 0 Å². The molecular formula is C29H48O2. The van der Waals surface area contributed by atoms with Crippen molar-refractivity contribution < 1.29 is 9.90 Å². The molecule has 0 aromatic rings. The number of hydrogen-bond acceptors (Lipinski definition) is 2. The molecule has 0 aromatic heterocycles. The molecule has 0 heterocycles. The maximum absolute atomic E-state index is 13.9. The molecule has 0 radical (unpaired) electrons. The normalized spacial score (nSPS) is 45.0. The van der Waals surface area contributed by atoms with Crippen LogP contribution in [0.3, 0.4) is 0 Å². The first-order chi connectivity index (χ1) is 14.4. The van der Waals surface area contributed by atoms with E-state index >= 15 is 0 Å². The van der Waals surface area contributed by atoms with Crippen LogP contribution in [0.4, 0.5) is 0 Å². The van der Waals surface area contributed by atoms with Crippen LogP contribution in [0.25, 0.3) is 0 Å². The van der Waals surface area contributed by atoms with E-state index in [4.69, 9.17) is 0 Å². The predicted molar refractivity (Wildman–Crippen MR) is 129 cm³/mol. The summed E-state index contributed by atoms with van der Waals surface area (Å²) in [6.07, 6.45) is 12.4. The van der Waals surface area contributed by atoms with Gasteiger partial charge in [0, 0.05) is 17.3 Å². The standard InChI is InChI=1S/C29H48O2/c1-18(2)9-8-10-19(3)21-12-13-22-20-11-14-24-27(4,5)25(30)15-16-28(24,6)23(20)17-26(31)29(21,22)7/h14,18-23,25,30H,8-13,15-17H2,1-7H3/t19-,20+,21-,22+,23+,25?,28-,29-/m1/s1. The van der Waals surface area contributed by atoms with Crippen molar-refractivity contribution >= 4 is 5.78 Å². The number of fused-ring (bicyclic) bond motifs is 5. The number of Topliss-reactive ketones (excluding diaryl/α,β-unsaturated/α-hetero) is 1. The molecule has 0 amide bonds. The fraction of sp³-hybridized carbons (Fsp3) is 0.897. The van der Waals surface area contributed by atoms with Gasteiger partial charge in [0.05, 0.1) is 6.10 Å². The van der Waals surface area contributed by atoms with Crippen molar-refractivity contribution in [2.45, 2.75) is 112 Å². The molecule has 2 heteroatoms. The van der Waals surface area contributed by atoms with E-state index in [9.17, 15) is 9.90 Å². The Bertz CT molecular complexity index is 733. The van der Waals surface area contributed by atoms with E-state index < -0.39 is 0 Å². The fourth-order valence-electron chi connectivity index (χ4n) is 9.09. The minimum Gasteiger partial charge on any atom is -0.392 e. The Morgan fingerprint density at radius 1 is 1.03 bits per heavy atom. The van der Waals surface area contributed by atoms with Gasteiger partial charge < -0.3 is 5.11 Å². The zero-order valence-corrected chi connectivity index (χ0v) is 21.3.